The van der Waals surface area contributed by atoms with Crippen molar-refractivity contribution in [1.29, 1.82) is 0 Å². The second kappa shape index (κ2) is 9.99. The summed E-state index contributed by atoms with van der Waals surface area (Å²) >= 11 is 2.75. The highest BCUT2D eigenvalue weighted by atomic mass is 32.2. The first kappa shape index (κ1) is 25.8. The number of ketones is 1. The number of carbonyl (C=O) groups is 3. The highest BCUT2D eigenvalue weighted by Gasteiger charge is 2.43. The van der Waals surface area contributed by atoms with Gasteiger partial charge >= 0.3 is 0 Å². The minimum Gasteiger partial charge on any atom is -0.350 e. The Kier molecular flexibility index (Phi) is 7.36. The number of halogens is 2. The third-order valence-corrected chi connectivity index (χ3v) is 8.99. The summed E-state index contributed by atoms with van der Waals surface area (Å²) in [6, 6.07) is 3.20. The van der Waals surface area contributed by atoms with Crippen LogP contribution in [0, 0.1) is 17.0 Å². The fourth-order valence-electron chi connectivity index (χ4n) is 4.83. The van der Waals surface area contributed by atoms with Crippen LogP contribution in [0.3, 0.4) is 0 Å². The maximum Gasteiger partial charge on any atom is 0.262 e. The number of nitrogens with one attached hydrogen (secondary N) is 3. The number of carbonyl (C=O) groups excluding carboxylic acids is 3. The van der Waals surface area contributed by atoms with Crippen molar-refractivity contribution in [2.24, 2.45) is 5.41 Å². The molecular weight excluding hydrogens is 492 g/mol. The van der Waals surface area contributed by atoms with Crippen molar-refractivity contribution in [3.63, 3.8) is 0 Å². The molecule has 1 aromatic carbocycles. The zero-order chi connectivity index (χ0) is 25.4. The van der Waals surface area contributed by atoms with Crippen molar-refractivity contribution in [2.75, 3.05) is 19.3 Å². The van der Waals surface area contributed by atoms with E-state index in [-0.39, 0.29) is 29.2 Å². The van der Waals surface area contributed by atoms with Crippen LogP contribution in [0.25, 0.3) is 0 Å². The number of thioether (sulfide) groups is 1. The molecule has 0 spiro atoms. The molecule has 0 bridgehead atoms. The molecule has 4 rings (SSSR count). The van der Waals surface area contributed by atoms with Gasteiger partial charge in [-0.1, -0.05) is 19.9 Å². The Morgan fingerprint density at radius 1 is 1.17 bits per heavy atom. The second-order valence-corrected chi connectivity index (χ2v) is 12.0. The molecule has 0 radical (unpaired) electrons. The largest absolute Gasteiger partial charge is 0.350 e. The Balaban J connectivity index is 1.59. The van der Waals surface area contributed by atoms with Gasteiger partial charge in [0.1, 0.15) is 17.2 Å². The summed E-state index contributed by atoms with van der Waals surface area (Å²) in [5, 5.41) is 8.91. The van der Waals surface area contributed by atoms with Gasteiger partial charge in [0, 0.05) is 30.2 Å². The number of hydrogen-bond acceptors (Lipinski definition) is 6. The summed E-state index contributed by atoms with van der Waals surface area (Å²) in [6.45, 7) is 4.97. The summed E-state index contributed by atoms with van der Waals surface area (Å²) in [5.41, 5.74) is 0.133. The molecule has 2 heterocycles. The molecule has 35 heavy (non-hydrogen) atoms. The highest BCUT2D eigenvalue weighted by Crippen LogP contribution is 2.44. The van der Waals surface area contributed by atoms with Gasteiger partial charge in [-0.2, -0.15) is 0 Å². The van der Waals surface area contributed by atoms with Crippen molar-refractivity contribution in [3.8, 4) is 0 Å². The van der Waals surface area contributed by atoms with Crippen LogP contribution in [0.2, 0.25) is 0 Å². The van der Waals surface area contributed by atoms with Crippen molar-refractivity contribution < 1.29 is 23.2 Å². The average Bonchev–Trinajstić information content (AvgIpc) is 3.16. The first-order chi connectivity index (χ1) is 16.5. The molecule has 2 aliphatic rings. The molecule has 1 fully saturated rings. The number of fused-ring (bicyclic) bond motifs is 1. The van der Waals surface area contributed by atoms with Gasteiger partial charge in [-0.3, -0.25) is 14.4 Å². The van der Waals surface area contributed by atoms with E-state index in [2.05, 4.69) is 16.0 Å². The normalized spacial score (nSPS) is 18.6. The Labute approximate surface area is 211 Å². The number of thiophene rings is 1. The number of hydrogen-bond donors (Lipinski definition) is 3. The standard InChI is InChI=1S/C25H29F2N3O3S2/c1-24(2)11-16-19(18(31)12-24)22(34-3)35-20(16)21(32)30-25(6-8-28-9-7-25)23(33)29-13-14-4-5-15(26)10-17(14)27/h4-5,10,28H,6-9,11-13H2,1-3H3,(H,29,33)(H,30,32). The van der Waals surface area contributed by atoms with Gasteiger partial charge in [-0.15, -0.1) is 23.1 Å². The van der Waals surface area contributed by atoms with Crippen molar-refractivity contribution in [2.45, 2.75) is 55.8 Å². The molecule has 2 amide bonds. The lowest BCUT2D eigenvalue weighted by Crippen LogP contribution is -2.62. The number of rotatable bonds is 6. The third kappa shape index (κ3) is 5.29. The van der Waals surface area contributed by atoms with Crippen LogP contribution >= 0.6 is 23.1 Å². The Morgan fingerprint density at radius 2 is 1.89 bits per heavy atom. The topological polar surface area (TPSA) is 87.3 Å². The summed E-state index contributed by atoms with van der Waals surface area (Å²) in [6.07, 6.45) is 3.66. The predicted octanol–water partition coefficient (Wildman–Crippen LogP) is 4.07. The van der Waals surface area contributed by atoms with E-state index in [1.165, 1.54) is 29.2 Å². The fraction of sp³-hybridized carbons (Fsp3) is 0.480. The van der Waals surface area contributed by atoms with Crippen LogP contribution in [0.15, 0.2) is 22.4 Å². The van der Waals surface area contributed by atoms with E-state index in [4.69, 9.17) is 0 Å². The molecule has 0 unspecified atom stereocenters. The van der Waals surface area contributed by atoms with Gasteiger partial charge in [-0.25, -0.2) is 8.78 Å². The molecule has 0 atom stereocenters. The Morgan fingerprint density at radius 3 is 2.54 bits per heavy atom. The number of amides is 2. The molecular formula is C25H29F2N3O3S2. The number of piperidine rings is 1. The summed E-state index contributed by atoms with van der Waals surface area (Å²) in [4.78, 5) is 40.3. The molecule has 2 aromatic rings. The van der Waals surface area contributed by atoms with Gasteiger partial charge in [0.15, 0.2) is 5.78 Å². The van der Waals surface area contributed by atoms with Gasteiger partial charge in [0.25, 0.3) is 5.91 Å². The first-order valence-corrected chi connectivity index (χ1v) is 13.6. The summed E-state index contributed by atoms with van der Waals surface area (Å²) < 4.78 is 28.1. The molecule has 6 nitrogen and oxygen atoms in total. The lowest BCUT2D eigenvalue weighted by Gasteiger charge is -2.37. The predicted molar refractivity (Wildman–Crippen MR) is 133 cm³/mol. The summed E-state index contributed by atoms with van der Waals surface area (Å²) in [5.74, 6) is -2.17. The maximum atomic E-state index is 14.1. The monoisotopic (exact) mass is 521 g/mol. The minimum absolute atomic E-state index is 0.0477. The van der Waals surface area contributed by atoms with Crippen molar-refractivity contribution in [1.82, 2.24) is 16.0 Å². The van der Waals surface area contributed by atoms with Crippen molar-refractivity contribution in [3.05, 3.63) is 51.4 Å². The van der Waals surface area contributed by atoms with Gasteiger partial charge in [0.2, 0.25) is 5.91 Å². The van der Waals surface area contributed by atoms with E-state index in [0.717, 1.165) is 21.9 Å². The molecule has 1 aliphatic heterocycles. The van der Waals surface area contributed by atoms with Gasteiger partial charge < -0.3 is 16.0 Å². The van der Waals surface area contributed by atoms with Crippen LogP contribution in [-0.4, -0.2) is 42.5 Å². The average molecular weight is 522 g/mol. The zero-order valence-corrected chi connectivity index (χ0v) is 21.6. The van der Waals surface area contributed by atoms with Gasteiger partial charge in [0.05, 0.1) is 9.09 Å². The number of benzene rings is 1. The van der Waals surface area contributed by atoms with E-state index in [1.54, 1.807) is 0 Å². The molecule has 3 N–H and O–H groups in total. The fourth-order valence-corrected chi connectivity index (χ4v) is 6.82. The second-order valence-electron chi connectivity index (χ2n) is 9.92. The van der Waals surface area contributed by atoms with E-state index < -0.39 is 23.1 Å². The van der Waals surface area contributed by atoms with E-state index in [9.17, 15) is 23.2 Å². The molecule has 1 aromatic heterocycles. The lowest BCUT2D eigenvalue weighted by atomic mass is 9.74. The number of Topliss-reactive ketones (excluding diaryl/α,β-unsaturated/α-hetero) is 1. The minimum atomic E-state index is -1.18. The van der Waals surface area contributed by atoms with Crippen LogP contribution in [-0.2, 0) is 17.8 Å². The smallest absolute Gasteiger partial charge is 0.262 e. The quantitative estimate of drug-likeness (QED) is 0.499. The van der Waals surface area contributed by atoms with E-state index in [1.807, 2.05) is 20.1 Å². The molecule has 0 saturated carbocycles. The molecule has 188 valence electrons. The van der Waals surface area contributed by atoms with E-state index in [0.29, 0.717) is 49.2 Å². The van der Waals surface area contributed by atoms with Gasteiger partial charge in [-0.05, 0) is 55.7 Å². The molecule has 1 aliphatic carbocycles. The third-order valence-electron chi connectivity index (χ3n) is 6.64. The zero-order valence-electron chi connectivity index (χ0n) is 20.0. The Bertz CT molecular complexity index is 1170. The lowest BCUT2D eigenvalue weighted by molar-refractivity contribution is -0.128. The van der Waals surface area contributed by atoms with E-state index >= 15 is 0 Å². The molecule has 1 saturated heterocycles. The van der Waals surface area contributed by atoms with Crippen LogP contribution < -0.4 is 16.0 Å². The first-order valence-electron chi connectivity index (χ1n) is 11.5. The molecule has 10 heteroatoms. The Hall–Kier alpha value is -2.30. The van der Waals surface area contributed by atoms with Crippen LogP contribution in [0.1, 0.15) is 64.3 Å². The SMILES string of the molecule is CSc1sc(C(=O)NC2(C(=O)NCc3ccc(F)cc3F)CCNCC2)c2c1C(=O)CC(C)(C)C2. The van der Waals surface area contributed by atoms with Crippen LogP contribution in [0.5, 0.6) is 0 Å². The van der Waals surface area contributed by atoms with Crippen LogP contribution in [0.4, 0.5) is 8.78 Å². The summed E-state index contributed by atoms with van der Waals surface area (Å²) in [7, 11) is 0. The highest BCUT2D eigenvalue weighted by molar-refractivity contribution is 8.00. The van der Waals surface area contributed by atoms with Crippen molar-refractivity contribution >= 4 is 40.7 Å². The maximum absolute atomic E-state index is 14.1.